The quantitative estimate of drug-likeness (QED) is 0.843. The van der Waals surface area contributed by atoms with E-state index in [0.717, 1.165) is 18.7 Å². The molecule has 0 aliphatic heterocycles. The van der Waals surface area contributed by atoms with Crippen LogP contribution in [0.1, 0.15) is 18.4 Å². The Bertz CT molecular complexity index is 565. The summed E-state index contributed by atoms with van der Waals surface area (Å²) in [6, 6.07) is 7.94. The van der Waals surface area contributed by atoms with Crippen molar-refractivity contribution in [3.63, 3.8) is 0 Å². The molecule has 0 aliphatic carbocycles. The Morgan fingerprint density at radius 3 is 2.95 bits per heavy atom. The van der Waals surface area contributed by atoms with E-state index in [4.69, 9.17) is 0 Å². The minimum atomic E-state index is 0.0251. The summed E-state index contributed by atoms with van der Waals surface area (Å²) >= 11 is 0. The van der Waals surface area contributed by atoms with Crippen molar-refractivity contribution in [1.82, 2.24) is 19.7 Å². The second kappa shape index (κ2) is 7.54. The van der Waals surface area contributed by atoms with E-state index in [0.29, 0.717) is 13.0 Å². The van der Waals surface area contributed by atoms with Gasteiger partial charge in [0.05, 0.1) is 0 Å². The van der Waals surface area contributed by atoms with Crippen molar-refractivity contribution < 1.29 is 4.79 Å². The van der Waals surface area contributed by atoms with Crippen LogP contribution in [-0.2, 0) is 17.9 Å². The van der Waals surface area contributed by atoms with Crippen molar-refractivity contribution in [3.05, 3.63) is 42.5 Å². The highest BCUT2D eigenvalue weighted by molar-refractivity contribution is 5.90. The molecule has 0 saturated heterocycles. The Morgan fingerprint density at radius 1 is 1.38 bits per heavy atom. The largest absolute Gasteiger partial charge is 0.326 e. The summed E-state index contributed by atoms with van der Waals surface area (Å²) in [5.74, 6) is 0.0251. The smallest absolute Gasteiger partial charge is 0.224 e. The SMILES string of the molecule is CN(C)Cc1cccc(NC(=O)CCCn2cncn2)c1. The van der Waals surface area contributed by atoms with Gasteiger partial charge in [-0.05, 0) is 38.2 Å². The standard InChI is InChI=1S/C15H21N5O/c1-19(2)10-13-5-3-6-14(9-13)18-15(21)7-4-8-20-12-16-11-17-20/h3,5-6,9,11-12H,4,7-8,10H2,1-2H3,(H,18,21). The first kappa shape index (κ1) is 15.2. The Morgan fingerprint density at radius 2 is 2.24 bits per heavy atom. The predicted molar refractivity (Wildman–Crippen MR) is 81.7 cm³/mol. The number of nitrogens with one attached hydrogen (secondary N) is 1. The summed E-state index contributed by atoms with van der Waals surface area (Å²) in [6.07, 6.45) is 4.36. The van der Waals surface area contributed by atoms with Crippen molar-refractivity contribution in [3.8, 4) is 0 Å². The van der Waals surface area contributed by atoms with E-state index in [1.165, 1.54) is 11.9 Å². The van der Waals surface area contributed by atoms with Crippen LogP contribution in [0.4, 0.5) is 5.69 Å². The molecule has 6 nitrogen and oxygen atoms in total. The average Bonchev–Trinajstić information content (AvgIpc) is 2.91. The Kier molecular flexibility index (Phi) is 5.45. The van der Waals surface area contributed by atoms with Gasteiger partial charge in [-0.25, -0.2) is 4.98 Å². The lowest BCUT2D eigenvalue weighted by Crippen LogP contribution is -2.14. The van der Waals surface area contributed by atoms with Crippen LogP contribution in [0, 0.1) is 0 Å². The van der Waals surface area contributed by atoms with Crippen molar-refractivity contribution >= 4 is 11.6 Å². The fourth-order valence-electron chi connectivity index (χ4n) is 2.09. The number of amides is 1. The van der Waals surface area contributed by atoms with Gasteiger partial charge in [0.25, 0.3) is 0 Å². The Labute approximate surface area is 124 Å². The molecule has 112 valence electrons. The third-order valence-corrected chi connectivity index (χ3v) is 2.97. The first-order valence-electron chi connectivity index (χ1n) is 6.99. The maximum Gasteiger partial charge on any atom is 0.224 e. The van der Waals surface area contributed by atoms with Gasteiger partial charge in [0.2, 0.25) is 5.91 Å². The number of carbonyl (C=O) groups is 1. The van der Waals surface area contributed by atoms with E-state index >= 15 is 0 Å². The minimum absolute atomic E-state index is 0.0251. The van der Waals surface area contributed by atoms with Gasteiger partial charge in [-0.2, -0.15) is 5.10 Å². The van der Waals surface area contributed by atoms with Crippen molar-refractivity contribution in [2.75, 3.05) is 19.4 Å². The van der Waals surface area contributed by atoms with Crippen LogP contribution in [0.2, 0.25) is 0 Å². The zero-order chi connectivity index (χ0) is 15.1. The number of aryl methyl sites for hydroxylation is 1. The molecule has 0 atom stereocenters. The van der Waals surface area contributed by atoms with Crippen LogP contribution in [0.3, 0.4) is 0 Å². The van der Waals surface area contributed by atoms with Crippen molar-refractivity contribution in [2.24, 2.45) is 0 Å². The van der Waals surface area contributed by atoms with Gasteiger partial charge in [-0.1, -0.05) is 12.1 Å². The summed E-state index contributed by atoms with van der Waals surface area (Å²) in [5.41, 5.74) is 2.03. The number of aromatic nitrogens is 3. The molecule has 1 heterocycles. The summed E-state index contributed by atoms with van der Waals surface area (Å²) in [7, 11) is 4.05. The Balaban J connectivity index is 1.79. The van der Waals surface area contributed by atoms with E-state index in [2.05, 4.69) is 26.4 Å². The molecule has 0 fully saturated rings. The molecule has 2 aromatic rings. The van der Waals surface area contributed by atoms with E-state index in [9.17, 15) is 4.79 Å². The number of carbonyl (C=O) groups excluding carboxylic acids is 1. The normalized spacial score (nSPS) is 10.8. The van der Waals surface area contributed by atoms with E-state index in [1.807, 2.05) is 32.3 Å². The molecule has 1 aromatic carbocycles. The van der Waals surface area contributed by atoms with E-state index in [1.54, 1.807) is 11.0 Å². The lowest BCUT2D eigenvalue weighted by Gasteiger charge is -2.11. The monoisotopic (exact) mass is 287 g/mol. The molecule has 1 amide bonds. The van der Waals surface area contributed by atoms with Crippen LogP contribution in [-0.4, -0.2) is 39.7 Å². The highest BCUT2D eigenvalue weighted by Gasteiger charge is 2.04. The fourth-order valence-corrected chi connectivity index (χ4v) is 2.09. The van der Waals surface area contributed by atoms with Gasteiger partial charge in [0, 0.05) is 25.2 Å². The summed E-state index contributed by atoms with van der Waals surface area (Å²) in [5, 5.41) is 6.94. The van der Waals surface area contributed by atoms with Gasteiger partial charge in [0.15, 0.2) is 0 Å². The lowest BCUT2D eigenvalue weighted by atomic mass is 10.2. The van der Waals surface area contributed by atoms with E-state index < -0.39 is 0 Å². The number of rotatable bonds is 7. The molecule has 0 unspecified atom stereocenters. The topological polar surface area (TPSA) is 63.1 Å². The van der Waals surface area contributed by atoms with E-state index in [-0.39, 0.29) is 5.91 Å². The van der Waals surface area contributed by atoms with Crippen molar-refractivity contribution in [2.45, 2.75) is 25.9 Å². The number of hydrogen-bond donors (Lipinski definition) is 1. The number of hydrogen-bond acceptors (Lipinski definition) is 4. The molecule has 1 aromatic heterocycles. The molecule has 6 heteroatoms. The van der Waals surface area contributed by atoms with Gasteiger partial charge in [0.1, 0.15) is 12.7 Å². The maximum atomic E-state index is 11.9. The molecule has 0 saturated carbocycles. The molecule has 0 spiro atoms. The van der Waals surface area contributed by atoms with Crippen LogP contribution in [0.5, 0.6) is 0 Å². The first-order chi connectivity index (χ1) is 10.1. The maximum absolute atomic E-state index is 11.9. The fraction of sp³-hybridized carbons (Fsp3) is 0.400. The molecular weight excluding hydrogens is 266 g/mol. The van der Waals surface area contributed by atoms with Gasteiger partial charge in [-0.3, -0.25) is 9.48 Å². The highest BCUT2D eigenvalue weighted by Crippen LogP contribution is 2.12. The first-order valence-corrected chi connectivity index (χ1v) is 6.99. The summed E-state index contributed by atoms with van der Waals surface area (Å²) in [6.45, 7) is 1.56. The molecule has 0 bridgehead atoms. The second-order valence-corrected chi connectivity index (χ2v) is 5.25. The molecule has 21 heavy (non-hydrogen) atoms. The average molecular weight is 287 g/mol. The van der Waals surface area contributed by atoms with Crippen LogP contribution < -0.4 is 5.32 Å². The van der Waals surface area contributed by atoms with Crippen LogP contribution in [0.25, 0.3) is 0 Å². The zero-order valence-electron chi connectivity index (χ0n) is 12.5. The lowest BCUT2D eigenvalue weighted by molar-refractivity contribution is -0.116. The predicted octanol–water partition coefficient (Wildman–Crippen LogP) is 1.76. The zero-order valence-corrected chi connectivity index (χ0v) is 12.5. The van der Waals surface area contributed by atoms with Gasteiger partial charge < -0.3 is 10.2 Å². The highest BCUT2D eigenvalue weighted by atomic mass is 16.1. The van der Waals surface area contributed by atoms with Crippen molar-refractivity contribution in [1.29, 1.82) is 0 Å². The van der Waals surface area contributed by atoms with Crippen LogP contribution in [0.15, 0.2) is 36.9 Å². The van der Waals surface area contributed by atoms with Gasteiger partial charge >= 0.3 is 0 Å². The number of nitrogens with zero attached hydrogens (tertiary/aromatic N) is 4. The third-order valence-electron chi connectivity index (χ3n) is 2.97. The minimum Gasteiger partial charge on any atom is -0.326 e. The molecule has 0 aliphatic rings. The van der Waals surface area contributed by atoms with Crippen LogP contribution >= 0.6 is 0 Å². The third kappa shape index (κ3) is 5.35. The second-order valence-electron chi connectivity index (χ2n) is 5.25. The molecule has 1 N–H and O–H groups in total. The number of anilines is 1. The number of benzene rings is 1. The Hall–Kier alpha value is -2.21. The molecule has 2 rings (SSSR count). The molecular formula is C15H21N5O. The summed E-state index contributed by atoms with van der Waals surface area (Å²) in [4.78, 5) is 17.9. The summed E-state index contributed by atoms with van der Waals surface area (Å²) < 4.78 is 1.73. The van der Waals surface area contributed by atoms with Gasteiger partial charge in [-0.15, -0.1) is 0 Å². The molecule has 0 radical (unpaired) electrons.